The van der Waals surface area contributed by atoms with E-state index in [0.717, 1.165) is 23.3 Å². The summed E-state index contributed by atoms with van der Waals surface area (Å²) in [4.78, 5) is 12.9. The minimum atomic E-state index is -3.85. The summed E-state index contributed by atoms with van der Waals surface area (Å²) in [5.41, 5.74) is 2.27. The number of rotatable bonds is 6. The van der Waals surface area contributed by atoms with Gasteiger partial charge in [0.1, 0.15) is 9.77 Å². The molecule has 0 fully saturated rings. The maximum absolute atomic E-state index is 13.0. The second-order valence-corrected chi connectivity index (χ2v) is 8.78. The third kappa shape index (κ3) is 4.04. The standard InChI is InChI=1S/C20H20N2O3S2/c1-3-15-8-7-9-16(14-15)21-20(23)19-18(12-13-26-19)27(24,25)22(2)17-10-5-4-6-11-17/h4-14H,3H2,1-2H3,(H,21,23). The van der Waals surface area contributed by atoms with Crippen LogP contribution in [0.1, 0.15) is 22.2 Å². The number of benzene rings is 2. The van der Waals surface area contributed by atoms with Crippen molar-refractivity contribution in [1.29, 1.82) is 0 Å². The number of hydrogen-bond donors (Lipinski definition) is 1. The van der Waals surface area contributed by atoms with Crippen LogP contribution in [0, 0.1) is 0 Å². The summed E-state index contributed by atoms with van der Waals surface area (Å²) < 4.78 is 27.2. The van der Waals surface area contributed by atoms with Crippen LogP contribution in [-0.4, -0.2) is 21.4 Å². The van der Waals surface area contributed by atoms with Gasteiger partial charge in [0, 0.05) is 12.7 Å². The molecule has 1 aromatic heterocycles. The van der Waals surface area contributed by atoms with Gasteiger partial charge in [0.25, 0.3) is 15.9 Å². The lowest BCUT2D eigenvalue weighted by Gasteiger charge is -2.19. The first-order valence-electron chi connectivity index (χ1n) is 8.45. The fraction of sp³-hybridized carbons (Fsp3) is 0.150. The lowest BCUT2D eigenvalue weighted by molar-refractivity contribution is 0.102. The Kier molecular flexibility index (Phi) is 5.62. The van der Waals surface area contributed by atoms with E-state index in [4.69, 9.17) is 0 Å². The third-order valence-corrected chi connectivity index (χ3v) is 7.06. The Morgan fingerprint density at radius 2 is 1.81 bits per heavy atom. The minimum Gasteiger partial charge on any atom is -0.321 e. The minimum absolute atomic E-state index is 0.00278. The molecule has 0 atom stereocenters. The molecule has 0 aliphatic heterocycles. The van der Waals surface area contributed by atoms with Crippen LogP contribution in [0.25, 0.3) is 0 Å². The SMILES string of the molecule is CCc1cccc(NC(=O)c2sccc2S(=O)(=O)N(C)c2ccccc2)c1. The Balaban J connectivity index is 1.89. The first-order valence-corrected chi connectivity index (χ1v) is 10.8. The van der Waals surface area contributed by atoms with Gasteiger partial charge in [0.05, 0.1) is 5.69 Å². The fourth-order valence-corrected chi connectivity index (χ4v) is 5.14. The molecule has 0 unspecified atom stereocenters. The van der Waals surface area contributed by atoms with Crippen LogP contribution in [0.4, 0.5) is 11.4 Å². The highest BCUT2D eigenvalue weighted by atomic mass is 32.2. The van der Waals surface area contributed by atoms with Gasteiger partial charge in [-0.1, -0.05) is 37.3 Å². The summed E-state index contributed by atoms with van der Waals surface area (Å²) in [6.07, 6.45) is 0.851. The smallest absolute Gasteiger partial charge is 0.267 e. The summed E-state index contributed by atoms with van der Waals surface area (Å²) in [6.45, 7) is 2.03. The van der Waals surface area contributed by atoms with E-state index >= 15 is 0 Å². The molecule has 5 nitrogen and oxygen atoms in total. The van der Waals surface area contributed by atoms with Crippen molar-refractivity contribution in [3.8, 4) is 0 Å². The van der Waals surface area contributed by atoms with Crippen LogP contribution in [0.2, 0.25) is 0 Å². The first kappa shape index (κ1) is 19.1. The Labute approximate surface area is 163 Å². The molecule has 1 amide bonds. The van der Waals surface area contributed by atoms with E-state index in [1.807, 2.05) is 31.2 Å². The van der Waals surface area contributed by atoms with Crippen LogP contribution in [0.3, 0.4) is 0 Å². The molecule has 0 saturated heterocycles. The number of amides is 1. The van der Waals surface area contributed by atoms with Gasteiger partial charge in [-0.2, -0.15) is 0 Å². The second-order valence-electron chi connectivity index (χ2n) is 5.93. The van der Waals surface area contributed by atoms with Gasteiger partial charge < -0.3 is 5.32 Å². The molecule has 7 heteroatoms. The van der Waals surface area contributed by atoms with Crippen molar-refractivity contribution >= 4 is 38.6 Å². The van der Waals surface area contributed by atoms with Crippen molar-refractivity contribution in [2.75, 3.05) is 16.7 Å². The van der Waals surface area contributed by atoms with Crippen molar-refractivity contribution in [2.24, 2.45) is 0 Å². The van der Waals surface area contributed by atoms with E-state index in [9.17, 15) is 13.2 Å². The molecular weight excluding hydrogens is 380 g/mol. The van der Waals surface area contributed by atoms with Crippen molar-refractivity contribution in [3.05, 3.63) is 76.5 Å². The van der Waals surface area contributed by atoms with Crippen molar-refractivity contribution < 1.29 is 13.2 Å². The maximum atomic E-state index is 13.0. The molecule has 1 heterocycles. The number of nitrogens with zero attached hydrogens (tertiary/aromatic N) is 1. The van der Waals surface area contributed by atoms with E-state index in [2.05, 4.69) is 5.32 Å². The predicted molar refractivity (Wildman–Crippen MR) is 110 cm³/mol. The Hall–Kier alpha value is -2.64. The van der Waals surface area contributed by atoms with Gasteiger partial charge in [-0.05, 0) is 47.7 Å². The van der Waals surface area contributed by atoms with Crippen LogP contribution >= 0.6 is 11.3 Å². The summed E-state index contributed by atoms with van der Waals surface area (Å²) >= 11 is 1.11. The molecule has 1 N–H and O–H groups in total. The quantitative estimate of drug-likeness (QED) is 0.667. The molecule has 27 heavy (non-hydrogen) atoms. The Bertz CT molecular complexity index is 1040. The average molecular weight is 401 g/mol. The Morgan fingerprint density at radius 1 is 1.07 bits per heavy atom. The summed E-state index contributed by atoms with van der Waals surface area (Å²) in [7, 11) is -2.37. The van der Waals surface area contributed by atoms with Crippen LogP contribution < -0.4 is 9.62 Å². The number of sulfonamides is 1. The molecule has 3 rings (SSSR count). The topological polar surface area (TPSA) is 66.5 Å². The number of nitrogens with one attached hydrogen (secondary N) is 1. The second kappa shape index (κ2) is 7.94. The molecule has 0 aliphatic rings. The van der Waals surface area contributed by atoms with Gasteiger partial charge in [-0.25, -0.2) is 8.42 Å². The zero-order chi connectivity index (χ0) is 19.4. The lowest BCUT2D eigenvalue weighted by Crippen LogP contribution is -2.28. The van der Waals surface area contributed by atoms with Crippen LogP contribution in [-0.2, 0) is 16.4 Å². The highest BCUT2D eigenvalue weighted by molar-refractivity contribution is 7.93. The van der Waals surface area contributed by atoms with E-state index in [0.29, 0.717) is 11.4 Å². The number of thiophene rings is 1. The van der Waals surface area contributed by atoms with Crippen molar-refractivity contribution in [2.45, 2.75) is 18.2 Å². The molecule has 3 aromatic rings. The zero-order valence-electron chi connectivity index (χ0n) is 15.0. The maximum Gasteiger partial charge on any atom is 0.267 e. The molecule has 0 bridgehead atoms. The average Bonchev–Trinajstić information content (AvgIpc) is 3.19. The third-order valence-electron chi connectivity index (χ3n) is 4.19. The van der Waals surface area contributed by atoms with Crippen molar-refractivity contribution in [1.82, 2.24) is 0 Å². The summed E-state index contributed by atoms with van der Waals surface area (Å²) in [6, 6.07) is 17.8. The van der Waals surface area contributed by atoms with Gasteiger partial charge >= 0.3 is 0 Å². The van der Waals surface area contributed by atoms with E-state index in [-0.39, 0.29) is 9.77 Å². The highest BCUT2D eigenvalue weighted by Gasteiger charge is 2.28. The Morgan fingerprint density at radius 3 is 2.52 bits per heavy atom. The van der Waals surface area contributed by atoms with Crippen LogP contribution in [0.5, 0.6) is 0 Å². The predicted octanol–water partition coefficient (Wildman–Crippen LogP) is 4.39. The molecule has 0 radical (unpaired) electrons. The summed E-state index contributed by atoms with van der Waals surface area (Å²) in [5, 5.41) is 4.41. The molecule has 2 aromatic carbocycles. The van der Waals surface area contributed by atoms with Crippen LogP contribution in [0.15, 0.2) is 70.9 Å². The van der Waals surface area contributed by atoms with Gasteiger partial charge in [0.15, 0.2) is 0 Å². The molecule has 140 valence electrons. The lowest BCUT2D eigenvalue weighted by atomic mass is 10.1. The summed E-state index contributed by atoms with van der Waals surface area (Å²) in [5.74, 6) is -0.432. The number of anilines is 2. The monoisotopic (exact) mass is 400 g/mol. The molecular formula is C20H20N2O3S2. The number of carbonyl (C=O) groups excluding carboxylic acids is 1. The van der Waals surface area contributed by atoms with Crippen molar-refractivity contribution in [3.63, 3.8) is 0 Å². The van der Waals surface area contributed by atoms with Gasteiger partial charge in [0.2, 0.25) is 0 Å². The normalized spacial score (nSPS) is 11.2. The number of para-hydroxylation sites is 1. The van der Waals surface area contributed by atoms with E-state index in [1.165, 1.54) is 17.4 Å². The fourth-order valence-electron chi connectivity index (χ4n) is 2.65. The van der Waals surface area contributed by atoms with E-state index < -0.39 is 15.9 Å². The largest absolute Gasteiger partial charge is 0.321 e. The highest BCUT2D eigenvalue weighted by Crippen LogP contribution is 2.28. The molecule has 0 spiro atoms. The van der Waals surface area contributed by atoms with E-state index in [1.54, 1.807) is 35.7 Å². The van der Waals surface area contributed by atoms with Gasteiger partial charge in [-0.15, -0.1) is 11.3 Å². The number of aryl methyl sites for hydroxylation is 1. The zero-order valence-corrected chi connectivity index (χ0v) is 16.7. The molecule has 0 saturated carbocycles. The number of hydrogen-bond acceptors (Lipinski definition) is 4. The molecule has 0 aliphatic carbocycles. The number of carbonyl (C=O) groups is 1. The first-order chi connectivity index (χ1) is 12.9. The van der Waals surface area contributed by atoms with Gasteiger partial charge in [-0.3, -0.25) is 9.10 Å².